The Balaban J connectivity index is 2.18. The van der Waals surface area contributed by atoms with Gasteiger partial charge in [0.15, 0.2) is 7.85 Å². The Morgan fingerprint density at radius 3 is 3.00 bits per heavy atom. The van der Waals surface area contributed by atoms with Crippen LogP contribution in [0, 0.1) is 11.7 Å². The highest BCUT2D eigenvalue weighted by Gasteiger charge is 2.16. The second-order valence-electron chi connectivity index (χ2n) is 4.67. The van der Waals surface area contributed by atoms with Crippen LogP contribution in [0.4, 0.5) is 9.39 Å². The van der Waals surface area contributed by atoms with Gasteiger partial charge in [0, 0.05) is 29.0 Å². The lowest BCUT2D eigenvalue weighted by atomic mass is 10.1. The van der Waals surface area contributed by atoms with Crippen LogP contribution in [0.5, 0.6) is 0 Å². The van der Waals surface area contributed by atoms with Crippen LogP contribution in [-0.4, -0.2) is 35.7 Å². The first kappa shape index (κ1) is 16.0. The molecule has 8 heteroatoms. The van der Waals surface area contributed by atoms with Crippen molar-refractivity contribution in [1.29, 1.82) is 0 Å². The number of carbonyl (C=O) groups is 1. The molecular formula is C13H15BFN3OS2. The fourth-order valence-electron chi connectivity index (χ4n) is 1.73. The number of amides is 1. The molecule has 0 saturated carbocycles. The molecule has 0 aliphatic carbocycles. The highest BCUT2D eigenvalue weighted by atomic mass is 32.2. The van der Waals surface area contributed by atoms with Gasteiger partial charge in [-0.3, -0.25) is 9.78 Å². The predicted molar refractivity (Wildman–Crippen MR) is 89.7 cm³/mol. The first-order chi connectivity index (χ1) is 10.0. The minimum atomic E-state index is -0.403. The number of aromatic nitrogens is 2. The molecule has 1 N–H and O–H groups in total. The summed E-state index contributed by atoms with van der Waals surface area (Å²) in [4.78, 5) is 20.2. The lowest BCUT2D eigenvalue weighted by Crippen LogP contribution is -2.24. The van der Waals surface area contributed by atoms with E-state index in [0.717, 1.165) is 17.5 Å². The first-order valence-electron chi connectivity index (χ1n) is 6.39. The fraction of sp³-hybridized carbons (Fsp3) is 0.308. The van der Waals surface area contributed by atoms with E-state index in [0.29, 0.717) is 15.6 Å². The van der Waals surface area contributed by atoms with E-state index >= 15 is 0 Å². The van der Waals surface area contributed by atoms with E-state index in [1.165, 1.54) is 17.4 Å². The quantitative estimate of drug-likeness (QED) is 0.848. The Labute approximate surface area is 132 Å². The monoisotopic (exact) mass is 323 g/mol. The van der Waals surface area contributed by atoms with Gasteiger partial charge in [-0.05, 0) is 12.3 Å². The molecule has 0 bridgehead atoms. The van der Waals surface area contributed by atoms with Crippen LogP contribution in [0.25, 0.3) is 10.6 Å². The van der Waals surface area contributed by atoms with E-state index in [1.54, 1.807) is 18.0 Å². The van der Waals surface area contributed by atoms with Crippen LogP contribution in [0.2, 0.25) is 0 Å². The maximum Gasteiger partial charge on any atom is 0.228 e. The zero-order valence-corrected chi connectivity index (χ0v) is 13.6. The third-order valence-corrected chi connectivity index (χ3v) is 4.80. The molecular weight excluding hydrogens is 308 g/mol. The molecule has 2 aromatic heterocycles. The minimum Gasteiger partial charge on any atom is -0.317 e. The van der Waals surface area contributed by atoms with E-state index in [1.807, 2.05) is 21.0 Å². The van der Waals surface area contributed by atoms with Crippen LogP contribution < -0.4 is 10.9 Å². The zero-order valence-electron chi connectivity index (χ0n) is 12.0. The predicted octanol–water partition coefficient (Wildman–Crippen LogP) is 1.54. The van der Waals surface area contributed by atoms with Crippen molar-refractivity contribution in [1.82, 2.24) is 9.97 Å². The van der Waals surface area contributed by atoms with Gasteiger partial charge in [0.2, 0.25) is 5.91 Å². The number of nitrogens with one attached hydrogen (secondary N) is 1. The van der Waals surface area contributed by atoms with Crippen molar-refractivity contribution >= 4 is 47.4 Å². The van der Waals surface area contributed by atoms with Crippen molar-refractivity contribution in [2.45, 2.75) is 6.92 Å². The number of thioether (sulfide) groups is 1. The number of anilines is 1. The average Bonchev–Trinajstić information content (AvgIpc) is 2.80. The highest BCUT2D eigenvalue weighted by Crippen LogP contribution is 2.27. The molecule has 1 amide bonds. The molecule has 0 aliphatic heterocycles. The molecule has 0 fully saturated rings. The van der Waals surface area contributed by atoms with Gasteiger partial charge in [-0.15, -0.1) is 0 Å². The molecule has 2 aromatic rings. The van der Waals surface area contributed by atoms with Gasteiger partial charge in [0.05, 0.1) is 6.20 Å². The number of carbonyl (C=O) groups excluding carboxylic acids is 1. The number of rotatable bonds is 5. The molecule has 0 spiro atoms. The van der Waals surface area contributed by atoms with Crippen LogP contribution in [0.15, 0.2) is 18.5 Å². The van der Waals surface area contributed by atoms with Crippen molar-refractivity contribution in [2.75, 3.05) is 17.3 Å². The van der Waals surface area contributed by atoms with Crippen molar-refractivity contribution in [2.24, 2.45) is 5.92 Å². The summed E-state index contributed by atoms with van der Waals surface area (Å²) in [7, 11) is 1.82. The van der Waals surface area contributed by atoms with Crippen molar-refractivity contribution in [3.8, 4) is 10.6 Å². The maximum atomic E-state index is 13.2. The molecule has 4 nitrogen and oxygen atoms in total. The number of thiazole rings is 1. The molecule has 2 rings (SSSR count). The number of hydrogen-bond donors (Lipinski definition) is 1. The number of hydrogen-bond acceptors (Lipinski definition) is 5. The van der Waals surface area contributed by atoms with Gasteiger partial charge in [0.25, 0.3) is 0 Å². The minimum absolute atomic E-state index is 0.0278. The van der Waals surface area contributed by atoms with Crippen molar-refractivity contribution < 1.29 is 9.18 Å². The van der Waals surface area contributed by atoms with Crippen LogP contribution in [0.3, 0.4) is 0 Å². The summed E-state index contributed by atoms with van der Waals surface area (Å²) >= 11 is 2.96. The van der Waals surface area contributed by atoms with Crippen molar-refractivity contribution in [3.05, 3.63) is 24.3 Å². The average molecular weight is 323 g/mol. The van der Waals surface area contributed by atoms with Crippen LogP contribution in [-0.2, 0) is 4.79 Å². The third kappa shape index (κ3) is 4.04. The van der Waals surface area contributed by atoms with Gasteiger partial charge >= 0.3 is 0 Å². The van der Waals surface area contributed by atoms with Gasteiger partial charge in [-0.25, -0.2) is 9.37 Å². The van der Waals surface area contributed by atoms with E-state index in [-0.39, 0.29) is 11.8 Å². The van der Waals surface area contributed by atoms with E-state index in [4.69, 9.17) is 0 Å². The Bertz CT molecular complexity index is 650. The topological polar surface area (TPSA) is 54.9 Å². The van der Waals surface area contributed by atoms with Gasteiger partial charge < -0.3 is 5.32 Å². The Hall–Kier alpha value is -1.41. The molecule has 0 radical (unpaired) electrons. The van der Waals surface area contributed by atoms with E-state index in [9.17, 15) is 9.18 Å². The zero-order chi connectivity index (χ0) is 15.4. The van der Waals surface area contributed by atoms with Crippen LogP contribution in [0.1, 0.15) is 6.92 Å². The summed E-state index contributed by atoms with van der Waals surface area (Å²) in [6, 6.07) is 1.38. The van der Waals surface area contributed by atoms with Crippen LogP contribution >= 0.6 is 23.1 Å². The Kier molecular flexibility index (Phi) is 5.36. The maximum absolute atomic E-state index is 13.2. The number of nitrogens with zero attached hydrogens (tertiary/aromatic N) is 2. The molecule has 0 aliphatic rings. The Morgan fingerprint density at radius 1 is 1.57 bits per heavy atom. The summed E-state index contributed by atoms with van der Waals surface area (Å²) in [5.41, 5.74) is 1.34. The molecule has 0 aromatic carbocycles. The lowest BCUT2D eigenvalue weighted by molar-refractivity contribution is -0.118. The molecule has 0 saturated heterocycles. The van der Waals surface area contributed by atoms with Gasteiger partial charge in [-0.1, -0.05) is 18.3 Å². The largest absolute Gasteiger partial charge is 0.317 e. The molecule has 21 heavy (non-hydrogen) atoms. The highest BCUT2D eigenvalue weighted by molar-refractivity contribution is 7.98. The molecule has 1 atom stereocenters. The number of pyridine rings is 1. The van der Waals surface area contributed by atoms with Crippen molar-refractivity contribution in [3.63, 3.8) is 0 Å². The van der Waals surface area contributed by atoms with Gasteiger partial charge in [0.1, 0.15) is 15.8 Å². The van der Waals surface area contributed by atoms with E-state index < -0.39 is 5.82 Å². The van der Waals surface area contributed by atoms with E-state index in [2.05, 4.69) is 15.3 Å². The second kappa shape index (κ2) is 7.04. The Morgan fingerprint density at radius 2 is 2.33 bits per heavy atom. The molecule has 2 heterocycles. The summed E-state index contributed by atoms with van der Waals surface area (Å²) in [6.45, 7) is 1.89. The second-order valence-corrected chi connectivity index (χ2v) is 6.58. The number of halogens is 1. The molecule has 1 unspecified atom stereocenters. The summed E-state index contributed by atoms with van der Waals surface area (Å²) in [5.74, 6) is 0.269. The SMILES string of the molecule is Bc1nc(-c2cncc(F)c2)sc1NC(=O)C(C)CSC. The standard InChI is InChI=1S/C13H15BFN3OS2/c1-7(6-20-2)11(19)18-13-10(14)17-12(21-13)8-3-9(15)5-16-4-8/h3-5,7H,6,14H2,1-2H3,(H,18,19). The van der Waals surface area contributed by atoms with Gasteiger partial charge in [-0.2, -0.15) is 11.8 Å². The fourth-order valence-corrected chi connectivity index (χ4v) is 3.33. The summed E-state index contributed by atoms with van der Waals surface area (Å²) < 4.78 is 13.2. The third-order valence-electron chi connectivity index (χ3n) is 2.85. The summed E-state index contributed by atoms with van der Waals surface area (Å²) in [5, 5.41) is 4.24. The lowest BCUT2D eigenvalue weighted by Gasteiger charge is -2.09. The normalized spacial score (nSPS) is 12.1. The molecule has 110 valence electrons. The summed E-state index contributed by atoms with van der Waals surface area (Å²) in [6.07, 6.45) is 4.68. The first-order valence-corrected chi connectivity index (χ1v) is 8.60. The smallest absolute Gasteiger partial charge is 0.228 e.